The monoisotopic (exact) mass is 497 g/mol. The largest absolute Gasteiger partial charge is 0.347 e. The summed E-state index contributed by atoms with van der Waals surface area (Å²) in [6, 6.07) is 6.79. The third-order valence-electron chi connectivity index (χ3n) is 8.49. The van der Waals surface area contributed by atoms with Crippen molar-refractivity contribution in [2.75, 3.05) is 20.6 Å². The number of nitrogens with zero attached hydrogens (tertiary/aromatic N) is 1. The first-order valence-electron chi connectivity index (χ1n) is 13.8. The summed E-state index contributed by atoms with van der Waals surface area (Å²) in [5.74, 6) is -0.298. The van der Waals surface area contributed by atoms with Gasteiger partial charge in [0, 0.05) is 12.6 Å². The minimum Gasteiger partial charge on any atom is -0.347 e. The second-order valence-electron chi connectivity index (χ2n) is 10.8. The van der Waals surface area contributed by atoms with Gasteiger partial charge in [0.25, 0.3) is 0 Å². The van der Waals surface area contributed by atoms with Crippen LogP contribution in [0.15, 0.2) is 24.3 Å². The van der Waals surface area contributed by atoms with Crippen LogP contribution in [-0.2, 0) is 20.8 Å². The molecule has 36 heavy (non-hydrogen) atoms. The molecule has 4 rings (SSSR count). The molecule has 1 aromatic rings. The van der Waals surface area contributed by atoms with Crippen molar-refractivity contribution in [2.45, 2.75) is 94.9 Å². The Kier molecular flexibility index (Phi) is 9.01. The smallest absolute Gasteiger partial charge is 0.246 e. The average Bonchev–Trinajstić information content (AvgIpc) is 3.36. The van der Waals surface area contributed by atoms with Crippen LogP contribution >= 0.6 is 0 Å². The van der Waals surface area contributed by atoms with Crippen LogP contribution in [0, 0.1) is 5.92 Å². The molecule has 0 spiro atoms. The molecule has 2 aliphatic carbocycles. The van der Waals surface area contributed by atoms with E-state index in [9.17, 15) is 14.4 Å². The maximum Gasteiger partial charge on any atom is 0.246 e. The van der Waals surface area contributed by atoms with Crippen LogP contribution < -0.4 is 21.3 Å². The molecule has 0 radical (unpaired) electrons. The summed E-state index contributed by atoms with van der Waals surface area (Å²) in [5, 5.41) is 12.6. The number of nitrogens with one attached hydrogen (secondary N) is 4. The fraction of sp³-hybridized carbons (Fsp3) is 0.679. The molecule has 1 aromatic carbocycles. The van der Waals surface area contributed by atoms with Gasteiger partial charge < -0.3 is 26.2 Å². The van der Waals surface area contributed by atoms with Crippen LogP contribution in [0.1, 0.15) is 75.5 Å². The van der Waals surface area contributed by atoms with Crippen molar-refractivity contribution in [3.63, 3.8) is 0 Å². The Morgan fingerprint density at radius 2 is 1.75 bits per heavy atom. The molecule has 1 saturated carbocycles. The van der Waals surface area contributed by atoms with Crippen molar-refractivity contribution in [1.82, 2.24) is 26.2 Å². The van der Waals surface area contributed by atoms with Crippen molar-refractivity contribution in [2.24, 2.45) is 5.92 Å². The number of benzene rings is 1. The molecule has 8 nitrogen and oxygen atoms in total. The molecule has 3 aliphatic rings. The molecule has 1 unspecified atom stereocenters. The third kappa shape index (κ3) is 5.92. The Morgan fingerprint density at radius 3 is 2.47 bits per heavy atom. The summed E-state index contributed by atoms with van der Waals surface area (Å²) in [6.45, 7) is 2.26. The van der Waals surface area contributed by atoms with Gasteiger partial charge in [0.1, 0.15) is 12.1 Å². The SMILES string of the molecule is CN[C@H]1C[C@@H](C(=O)NC2CCCc3ccccc32)N(C(=O)[C@@H](NC(=O)[C@H](C)NC)C2CCCCC2)C1. The summed E-state index contributed by atoms with van der Waals surface area (Å²) in [7, 11) is 3.61. The number of rotatable bonds is 8. The Bertz CT molecular complexity index is 932. The highest BCUT2D eigenvalue weighted by molar-refractivity contribution is 5.94. The molecular weight excluding hydrogens is 454 g/mol. The second-order valence-corrected chi connectivity index (χ2v) is 10.8. The van der Waals surface area contributed by atoms with Crippen LogP contribution in [0.25, 0.3) is 0 Å². The van der Waals surface area contributed by atoms with E-state index < -0.39 is 18.1 Å². The minimum absolute atomic E-state index is 0.0293. The Morgan fingerprint density at radius 1 is 1.00 bits per heavy atom. The molecule has 4 N–H and O–H groups in total. The maximum atomic E-state index is 14.0. The normalized spacial score (nSPS) is 26.1. The molecule has 0 bridgehead atoms. The number of likely N-dealkylation sites (N-methyl/N-ethyl adjacent to an activating group) is 2. The van der Waals surface area contributed by atoms with E-state index in [4.69, 9.17) is 0 Å². The van der Waals surface area contributed by atoms with Crippen molar-refractivity contribution in [3.05, 3.63) is 35.4 Å². The molecule has 198 valence electrons. The van der Waals surface area contributed by atoms with Gasteiger partial charge in [0.05, 0.1) is 12.1 Å². The van der Waals surface area contributed by atoms with Crippen molar-refractivity contribution in [1.29, 1.82) is 0 Å². The highest BCUT2D eigenvalue weighted by atomic mass is 16.2. The first kappa shape index (κ1) is 26.6. The van der Waals surface area contributed by atoms with Crippen LogP contribution in [-0.4, -0.2) is 67.4 Å². The maximum absolute atomic E-state index is 14.0. The number of fused-ring (bicyclic) bond motifs is 1. The molecule has 1 heterocycles. The lowest BCUT2D eigenvalue weighted by Crippen LogP contribution is -2.58. The molecule has 3 amide bonds. The molecule has 5 atom stereocenters. The van der Waals surface area contributed by atoms with E-state index in [0.717, 1.165) is 51.4 Å². The highest BCUT2D eigenvalue weighted by Gasteiger charge is 2.44. The topological polar surface area (TPSA) is 103 Å². The van der Waals surface area contributed by atoms with Gasteiger partial charge in [-0.1, -0.05) is 43.5 Å². The van der Waals surface area contributed by atoms with Gasteiger partial charge in [0.15, 0.2) is 0 Å². The molecule has 8 heteroatoms. The average molecular weight is 498 g/mol. The minimum atomic E-state index is -0.602. The number of carbonyl (C=O) groups is 3. The van der Waals surface area contributed by atoms with Crippen LogP contribution in [0.5, 0.6) is 0 Å². The number of aryl methyl sites for hydroxylation is 1. The van der Waals surface area contributed by atoms with Crippen LogP contribution in [0.3, 0.4) is 0 Å². The summed E-state index contributed by atoms with van der Waals surface area (Å²) < 4.78 is 0. The van der Waals surface area contributed by atoms with Crippen LogP contribution in [0.2, 0.25) is 0 Å². The van der Waals surface area contributed by atoms with Gasteiger partial charge >= 0.3 is 0 Å². The zero-order chi connectivity index (χ0) is 25.7. The molecule has 1 saturated heterocycles. The lowest BCUT2D eigenvalue weighted by atomic mass is 9.83. The Labute approximate surface area is 215 Å². The Hall–Kier alpha value is -2.45. The van der Waals surface area contributed by atoms with E-state index in [1.54, 1.807) is 18.9 Å². The summed E-state index contributed by atoms with van der Waals surface area (Å²) >= 11 is 0. The fourth-order valence-corrected chi connectivity index (χ4v) is 6.15. The lowest BCUT2D eigenvalue weighted by Gasteiger charge is -2.35. The number of likely N-dealkylation sites (tertiary alicyclic amines) is 1. The molecule has 1 aliphatic heterocycles. The van der Waals surface area contributed by atoms with E-state index >= 15 is 0 Å². The zero-order valence-corrected chi connectivity index (χ0v) is 22.0. The summed E-state index contributed by atoms with van der Waals surface area (Å²) in [4.78, 5) is 42.2. The first-order valence-corrected chi connectivity index (χ1v) is 13.8. The van der Waals surface area contributed by atoms with Gasteiger partial charge in [-0.25, -0.2) is 0 Å². The number of carbonyl (C=O) groups excluding carboxylic acids is 3. The van der Waals surface area contributed by atoms with E-state index in [-0.39, 0.29) is 35.7 Å². The Balaban J connectivity index is 1.53. The van der Waals surface area contributed by atoms with Crippen LogP contribution in [0.4, 0.5) is 0 Å². The predicted molar refractivity (Wildman–Crippen MR) is 140 cm³/mol. The lowest BCUT2D eigenvalue weighted by molar-refractivity contribution is -0.143. The van der Waals surface area contributed by atoms with Crippen molar-refractivity contribution in [3.8, 4) is 0 Å². The van der Waals surface area contributed by atoms with Crippen molar-refractivity contribution < 1.29 is 14.4 Å². The molecule has 0 aromatic heterocycles. The number of hydrogen-bond acceptors (Lipinski definition) is 5. The number of amides is 3. The van der Waals surface area contributed by atoms with E-state index in [0.29, 0.717) is 13.0 Å². The van der Waals surface area contributed by atoms with Gasteiger partial charge in [-0.3, -0.25) is 14.4 Å². The first-order chi connectivity index (χ1) is 17.4. The summed E-state index contributed by atoms with van der Waals surface area (Å²) in [5.41, 5.74) is 2.48. The standard InChI is InChI=1S/C28H43N5O3/c1-18(29-2)26(34)32-25(20-11-5-4-6-12-20)28(36)33-17-21(30-3)16-24(33)27(35)31-23-15-9-13-19-10-7-8-14-22(19)23/h7-8,10,14,18,20-21,23-25,29-30H,4-6,9,11-13,15-17H2,1-3H3,(H,31,35)(H,32,34)/t18-,21-,23?,24-,25-/m0/s1. The van der Waals surface area contributed by atoms with Gasteiger partial charge in [0.2, 0.25) is 17.7 Å². The van der Waals surface area contributed by atoms with E-state index in [1.807, 2.05) is 19.2 Å². The van der Waals surface area contributed by atoms with Gasteiger partial charge in [-0.2, -0.15) is 0 Å². The predicted octanol–water partition coefficient (Wildman–Crippen LogP) is 2.04. The van der Waals surface area contributed by atoms with Gasteiger partial charge in [-0.05, 0) is 76.6 Å². The molecular formula is C28H43N5O3. The van der Waals surface area contributed by atoms with Gasteiger partial charge in [-0.15, -0.1) is 0 Å². The van der Waals surface area contributed by atoms with E-state index in [2.05, 4.69) is 33.4 Å². The summed E-state index contributed by atoms with van der Waals surface area (Å²) in [6.07, 6.45) is 8.68. The third-order valence-corrected chi connectivity index (χ3v) is 8.49. The highest BCUT2D eigenvalue weighted by Crippen LogP contribution is 2.32. The molecule has 2 fully saturated rings. The zero-order valence-electron chi connectivity index (χ0n) is 22.0. The van der Waals surface area contributed by atoms with E-state index in [1.165, 1.54) is 11.1 Å². The number of hydrogen-bond donors (Lipinski definition) is 4. The van der Waals surface area contributed by atoms with Crippen molar-refractivity contribution >= 4 is 17.7 Å². The fourth-order valence-electron chi connectivity index (χ4n) is 6.15. The second kappa shape index (κ2) is 12.2. The quantitative estimate of drug-likeness (QED) is 0.440.